The average molecular weight is 284 g/mol. The third-order valence-corrected chi connectivity index (χ3v) is 3.09. The van der Waals surface area contributed by atoms with Crippen LogP contribution in [0.4, 0.5) is 5.69 Å². The maximum absolute atomic E-state index is 11.3. The van der Waals surface area contributed by atoms with E-state index in [0.29, 0.717) is 23.6 Å². The number of carboxylic acid groups (broad SMARTS) is 1. The zero-order chi connectivity index (χ0) is 14.3. The van der Waals surface area contributed by atoms with Crippen LogP contribution in [0.5, 0.6) is 0 Å². The number of unbranched alkanes of at least 4 members (excludes halogenated alkanes) is 2. The number of nitrogens with one attached hydrogen (secondary N) is 1. The number of carbonyl (C=O) groups excluding carboxylic acids is 1. The number of ketones is 1. The van der Waals surface area contributed by atoms with Crippen molar-refractivity contribution < 1.29 is 14.7 Å². The lowest BCUT2D eigenvalue weighted by atomic mass is 10.1. The Hall–Kier alpha value is -1.55. The summed E-state index contributed by atoms with van der Waals surface area (Å²) in [6, 6.07) is 5.13. The van der Waals surface area contributed by atoms with Gasteiger partial charge in [-0.25, -0.2) is 0 Å². The predicted molar refractivity (Wildman–Crippen MR) is 76.1 cm³/mol. The highest BCUT2D eigenvalue weighted by Crippen LogP contribution is 2.23. The lowest BCUT2D eigenvalue weighted by Gasteiger charge is -2.09. The minimum Gasteiger partial charge on any atom is -0.481 e. The van der Waals surface area contributed by atoms with Gasteiger partial charge in [-0.3, -0.25) is 9.59 Å². The summed E-state index contributed by atoms with van der Waals surface area (Å²) in [5, 5.41) is 12.2. The summed E-state index contributed by atoms with van der Waals surface area (Å²) in [5.41, 5.74) is 1.37. The van der Waals surface area contributed by atoms with E-state index in [1.807, 2.05) is 0 Å². The highest BCUT2D eigenvalue weighted by atomic mass is 35.5. The van der Waals surface area contributed by atoms with Crippen molar-refractivity contribution in [2.75, 3.05) is 11.9 Å². The quantitative estimate of drug-likeness (QED) is 0.565. The highest BCUT2D eigenvalue weighted by Gasteiger charge is 2.04. The van der Waals surface area contributed by atoms with Crippen molar-refractivity contribution in [2.24, 2.45) is 0 Å². The fraction of sp³-hybridized carbons (Fsp3) is 0.429. The lowest BCUT2D eigenvalue weighted by Crippen LogP contribution is -2.04. The monoisotopic (exact) mass is 283 g/mol. The SMILES string of the molecule is CC(=O)c1ccc(Cl)c(NCCCCCC(=O)O)c1. The minimum absolute atomic E-state index is 0.00109. The first kappa shape index (κ1) is 15.5. The number of benzene rings is 1. The summed E-state index contributed by atoms with van der Waals surface area (Å²) in [4.78, 5) is 21.6. The van der Waals surface area contributed by atoms with Crippen molar-refractivity contribution >= 4 is 29.0 Å². The molecule has 0 amide bonds. The fourth-order valence-electron chi connectivity index (χ4n) is 1.68. The summed E-state index contributed by atoms with van der Waals surface area (Å²) < 4.78 is 0. The van der Waals surface area contributed by atoms with Gasteiger partial charge in [0.25, 0.3) is 0 Å². The molecule has 0 fully saturated rings. The standard InChI is InChI=1S/C14H18ClNO3/c1-10(17)11-6-7-12(15)13(9-11)16-8-4-2-3-5-14(18)19/h6-7,9,16H,2-5,8H2,1H3,(H,18,19). The predicted octanol–water partition coefficient (Wildman–Crippen LogP) is 3.60. The van der Waals surface area contributed by atoms with E-state index in [2.05, 4.69) is 5.32 Å². The molecular weight excluding hydrogens is 266 g/mol. The molecule has 0 spiro atoms. The number of hydrogen-bond acceptors (Lipinski definition) is 3. The molecule has 4 nitrogen and oxygen atoms in total. The second-order valence-electron chi connectivity index (χ2n) is 4.38. The Morgan fingerprint density at radius 1 is 1.26 bits per heavy atom. The fourth-order valence-corrected chi connectivity index (χ4v) is 1.87. The summed E-state index contributed by atoms with van der Waals surface area (Å²) in [5.74, 6) is -0.758. The van der Waals surface area contributed by atoms with Crippen molar-refractivity contribution in [3.05, 3.63) is 28.8 Å². The maximum atomic E-state index is 11.3. The van der Waals surface area contributed by atoms with Crippen molar-refractivity contribution in [3.63, 3.8) is 0 Å². The zero-order valence-electron chi connectivity index (χ0n) is 10.9. The molecule has 5 heteroatoms. The molecule has 1 rings (SSSR count). The number of rotatable bonds is 8. The largest absolute Gasteiger partial charge is 0.481 e. The van der Waals surface area contributed by atoms with Gasteiger partial charge in [0, 0.05) is 18.5 Å². The summed E-state index contributed by atoms with van der Waals surface area (Å²) in [7, 11) is 0. The number of hydrogen-bond donors (Lipinski definition) is 2. The molecule has 19 heavy (non-hydrogen) atoms. The van der Waals surface area contributed by atoms with E-state index >= 15 is 0 Å². The Balaban J connectivity index is 2.38. The number of Topliss-reactive ketones (excluding diaryl/α,β-unsaturated/α-hetero) is 1. The van der Waals surface area contributed by atoms with E-state index in [4.69, 9.17) is 16.7 Å². The second-order valence-corrected chi connectivity index (χ2v) is 4.79. The van der Waals surface area contributed by atoms with Crippen LogP contribution in [0.25, 0.3) is 0 Å². The van der Waals surface area contributed by atoms with Crippen molar-refractivity contribution in [2.45, 2.75) is 32.6 Å². The van der Waals surface area contributed by atoms with Gasteiger partial charge >= 0.3 is 5.97 Å². The Labute approximate surface area is 117 Å². The number of carboxylic acids is 1. The van der Waals surface area contributed by atoms with Gasteiger partial charge in [0.05, 0.1) is 10.7 Å². The number of halogens is 1. The van der Waals surface area contributed by atoms with Crippen LogP contribution in [0.3, 0.4) is 0 Å². The Morgan fingerprint density at radius 3 is 2.63 bits per heavy atom. The molecule has 0 aliphatic heterocycles. The molecule has 0 radical (unpaired) electrons. The van der Waals surface area contributed by atoms with Crippen LogP contribution in [0.15, 0.2) is 18.2 Å². The third-order valence-electron chi connectivity index (χ3n) is 2.76. The minimum atomic E-state index is -0.759. The van der Waals surface area contributed by atoms with Gasteiger partial charge in [0.15, 0.2) is 5.78 Å². The van der Waals surface area contributed by atoms with Crippen LogP contribution < -0.4 is 5.32 Å². The number of carbonyl (C=O) groups is 2. The third kappa shape index (κ3) is 5.75. The molecule has 2 N–H and O–H groups in total. The van der Waals surface area contributed by atoms with Crippen molar-refractivity contribution in [1.29, 1.82) is 0 Å². The van der Waals surface area contributed by atoms with E-state index in [0.717, 1.165) is 18.5 Å². The Bertz CT molecular complexity index is 460. The molecule has 1 aromatic rings. The maximum Gasteiger partial charge on any atom is 0.303 e. The summed E-state index contributed by atoms with van der Waals surface area (Å²) in [6.45, 7) is 2.22. The smallest absolute Gasteiger partial charge is 0.303 e. The molecule has 0 saturated carbocycles. The molecule has 0 unspecified atom stereocenters. The van der Waals surface area contributed by atoms with Crippen LogP contribution in [-0.2, 0) is 4.79 Å². The molecule has 0 atom stereocenters. The zero-order valence-corrected chi connectivity index (χ0v) is 11.7. The van der Waals surface area contributed by atoms with E-state index in [-0.39, 0.29) is 12.2 Å². The average Bonchev–Trinajstić information content (AvgIpc) is 2.34. The molecular formula is C14H18ClNO3. The van der Waals surface area contributed by atoms with Crippen molar-refractivity contribution in [1.82, 2.24) is 0 Å². The first-order valence-corrected chi connectivity index (χ1v) is 6.64. The van der Waals surface area contributed by atoms with Gasteiger partial charge in [-0.1, -0.05) is 18.0 Å². The molecule has 0 saturated heterocycles. The number of anilines is 1. The first-order valence-electron chi connectivity index (χ1n) is 6.27. The van der Waals surface area contributed by atoms with Crippen LogP contribution in [0.2, 0.25) is 5.02 Å². The topological polar surface area (TPSA) is 66.4 Å². The second kappa shape index (κ2) is 7.79. The summed E-state index contributed by atoms with van der Waals surface area (Å²) in [6.07, 6.45) is 2.61. The lowest BCUT2D eigenvalue weighted by molar-refractivity contribution is -0.137. The van der Waals surface area contributed by atoms with E-state index in [9.17, 15) is 9.59 Å². The molecule has 0 bridgehead atoms. The van der Waals surface area contributed by atoms with Gasteiger partial charge < -0.3 is 10.4 Å². The Kier molecular flexibility index (Phi) is 6.36. The molecule has 0 heterocycles. The van der Waals surface area contributed by atoms with Gasteiger partial charge in [0.1, 0.15) is 0 Å². The molecule has 0 aliphatic carbocycles. The highest BCUT2D eigenvalue weighted by molar-refractivity contribution is 6.33. The van der Waals surface area contributed by atoms with Crippen LogP contribution in [0.1, 0.15) is 43.0 Å². The number of aliphatic carboxylic acids is 1. The summed E-state index contributed by atoms with van der Waals surface area (Å²) >= 11 is 6.03. The van der Waals surface area contributed by atoms with Crippen molar-refractivity contribution in [3.8, 4) is 0 Å². The van der Waals surface area contributed by atoms with Gasteiger partial charge in [-0.05, 0) is 38.0 Å². The van der Waals surface area contributed by atoms with Gasteiger partial charge in [0.2, 0.25) is 0 Å². The van der Waals surface area contributed by atoms with E-state index < -0.39 is 5.97 Å². The Morgan fingerprint density at radius 2 is 2.00 bits per heavy atom. The molecule has 0 aromatic heterocycles. The molecule has 104 valence electrons. The van der Waals surface area contributed by atoms with Crippen LogP contribution in [-0.4, -0.2) is 23.4 Å². The van der Waals surface area contributed by atoms with E-state index in [1.165, 1.54) is 6.92 Å². The van der Waals surface area contributed by atoms with E-state index in [1.54, 1.807) is 18.2 Å². The normalized spacial score (nSPS) is 10.2. The van der Waals surface area contributed by atoms with Gasteiger partial charge in [-0.15, -0.1) is 0 Å². The first-order chi connectivity index (χ1) is 9.00. The van der Waals surface area contributed by atoms with Crippen LogP contribution in [0, 0.1) is 0 Å². The molecule has 1 aromatic carbocycles. The van der Waals surface area contributed by atoms with Crippen LogP contribution >= 0.6 is 11.6 Å². The molecule has 0 aliphatic rings. The van der Waals surface area contributed by atoms with Gasteiger partial charge in [-0.2, -0.15) is 0 Å².